The van der Waals surface area contributed by atoms with Gasteiger partial charge in [0.25, 0.3) is 5.89 Å². The molecule has 6 nitrogen and oxygen atoms in total. The zero-order chi connectivity index (χ0) is 16.9. The fraction of sp³-hybridized carbons (Fsp3) is 0.444. The summed E-state index contributed by atoms with van der Waals surface area (Å²) in [5.74, 6) is 2.12. The predicted octanol–water partition coefficient (Wildman–Crippen LogP) is 2.60. The van der Waals surface area contributed by atoms with Crippen LogP contribution in [0.1, 0.15) is 37.2 Å². The Morgan fingerprint density at radius 2 is 2.08 bits per heavy atom. The summed E-state index contributed by atoms with van der Waals surface area (Å²) in [5.41, 5.74) is 1.06. The van der Waals surface area contributed by atoms with E-state index in [1.807, 2.05) is 50.3 Å². The van der Waals surface area contributed by atoms with E-state index in [-0.39, 0.29) is 12.1 Å². The molecule has 1 unspecified atom stereocenters. The van der Waals surface area contributed by atoms with Gasteiger partial charge in [-0.15, -0.1) is 0 Å². The van der Waals surface area contributed by atoms with Crippen molar-refractivity contribution >= 4 is 12.2 Å². The molecular formula is C18H24N4O2. The molecule has 0 bridgehead atoms. The van der Waals surface area contributed by atoms with Gasteiger partial charge in [-0.05, 0) is 44.7 Å². The van der Waals surface area contributed by atoms with E-state index < -0.39 is 0 Å². The van der Waals surface area contributed by atoms with Crippen LogP contribution in [0.5, 0.6) is 5.75 Å². The van der Waals surface area contributed by atoms with Gasteiger partial charge in [0, 0.05) is 25.7 Å². The van der Waals surface area contributed by atoms with Crippen LogP contribution in [-0.4, -0.2) is 47.8 Å². The molecule has 24 heavy (non-hydrogen) atoms. The highest BCUT2D eigenvalue weighted by molar-refractivity contribution is 5.66. The standard InChI is InChI=1S/C18H24N4O2/c1-13(2)23-15-7-4-14(5-8-15)6-9-17-20-18(21-24-17)16-12-19-10-11-22(16)3/h4-9,13,16,19H,10-12H2,1-3H3/b9-6+. The van der Waals surface area contributed by atoms with Crippen molar-refractivity contribution in [2.75, 3.05) is 26.7 Å². The number of nitrogens with zero attached hydrogens (tertiary/aromatic N) is 3. The Balaban J connectivity index is 1.64. The van der Waals surface area contributed by atoms with Crippen LogP contribution in [-0.2, 0) is 0 Å². The molecule has 1 saturated heterocycles. The Labute approximate surface area is 142 Å². The minimum Gasteiger partial charge on any atom is -0.491 e. The summed E-state index contributed by atoms with van der Waals surface area (Å²) in [6.07, 6.45) is 3.97. The van der Waals surface area contributed by atoms with E-state index in [4.69, 9.17) is 9.26 Å². The molecule has 128 valence electrons. The Bertz CT molecular complexity index is 679. The molecule has 1 aromatic carbocycles. The van der Waals surface area contributed by atoms with Gasteiger partial charge in [-0.1, -0.05) is 17.3 Å². The minimum absolute atomic E-state index is 0.164. The van der Waals surface area contributed by atoms with Gasteiger partial charge in [-0.25, -0.2) is 0 Å². The summed E-state index contributed by atoms with van der Waals surface area (Å²) in [7, 11) is 2.08. The van der Waals surface area contributed by atoms with Gasteiger partial charge in [0.2, 0.25) is 0 Å². The molecule has 1 aliphatic rings. The largest absolute Gasteiger partial charge is 0.491 e. The molecule has 0 radical (unpaired) electrons. The average Bonchev–Trinajstić information content (AvgIpc) is 3.03. The quantitative estimate of drug-likeness (QED) is 0.910. The molecule has 1 aromatic heterocycles. The maximum absolute atomic E-state index is 5.64. The molecule has 1 aliphatic heterocycles. The monoisotopic (exact) mass is 328 g/mol. The number of nitrogens with one attached hydrogen (secondary N) is 1. The van der Waals surface area contributed by atoms with Gasteiger partial charge in [-0.2, -0.15) is 4.98 Å². The summed E-state index contributed by atoms with van der Waals surface area (Å²) >= 11 is 0. The molecule has 0 aliphatic carbocycles. The fourth-order valence-corrected chi connectivity index (χ4v) is 2.64. The summed E-state index contributed by atoms with van der Waals surface area (Å²) in [6, 6.07) is 8.09. The predicted molar refractivity (Wildman–Crippen MR) is 93.7 cm³/mol. The molecule has 2 heterocycles. The highest BCUT2D eigenvalue weighted by atomic mass is 16.5. The van der Waals surface area contributed by atoms with E-state index >= 15 is 0 Å². The molecule has 0 saturated carbocycles. The molecule has 3 rings (SSSR count). The Hall–Kier alpha value is -2.18. The van der Waals surface area contributed by atoms with Crippen molar-refractivity contribution in [3.8, 4) is 5.75 Å². The van der Waals surface area contributed by atoms with Crippen LogP contribution in [0.4, 0.5) is 0 Å². The van der Waals surface area contributed by atoms with Crippen molar-refractivity contribution in [2.45, 2.75) is 26.0 Å². The highest BCUT2D eigenvalue weighted by Gasteiger charge is 2.24. The van der Waals surface area contributed by atoms with Gasteiger partial charge in [0.1, 0.15) is 5.75 Å². The van der Waals surface area contributed by atoms with Crippen LogP contribution in [0, 0.1) is 0 Å². The van der Waals surface area contributed by atoms with Crippen LogP contribution in [0.25, 0.3) is 12.2 Å². The molecule has 6 heteroatoms. The van der Waals surface area contributed by atoms with Crippen molar-refractivity contribution < 1.29 is 9.26 Å². The van der Waals surface area contributed by atoms with Gasteiger partial charge in [0.15, 0.2) is 5.82 Å². The molecule has 1 fully saturated rings. The van der Waals surface area contributed by atoms with Crippen LogP contribution < -0.4 is 10.1 Å². The summed E-state index contributed by atoms with van der Waals surface area (Å²) in [6.45, 7) is 6.85. The lowest BCUT2D eigenvalue weighted by atomic mass is 10.2. The number of likely N-dealkylation sites (N-methyl/N-ethyl adjacent to an activating group) is 1. The number of benzene rings is 1. The average molecular weight is 328 g/mol. The zero-order valence-corrected chi connectivity index (χ0v) is 14.4. The number of piperazine rings is 1. The van der Waals surface area contributed by atoms with Crippen molar-refractivity contribution in [1.29, 1.82) is 0 Å². The molecule has 2 aromatic rings. The van der Waals surface area contributed by atoms with Crippen molar-refractivity contribution in [3.05, 3.63) is 41.5 Å². The number of hydrogen-bond acceptors (Lipinski definition) is 6. The minimum atomic E-state index is 0.164. The third-order valence-corrected chi connectivity index (χ3v) is 3.94. The molecule has 1 atom stereocenters. The van der Waals surface area contributed by atoms with E-state index in [0.29, 0.717) is 5.89 Å². The molecule has 0 amide bonds. The summed E-state index contributed by atoms with van der Waals surface area (Å²) < 4.78 is 11.0. The van der Waals surface area contributed by atoms with E-state index in [1.165, 1.54) is 0 Å². The van der Waals surface area contributed by atoms with Crippen LogP contribution in [0.15, 0.2) is 28.8 Å². The topological polar surface area (TPSA) is 63.4 Å². The van der Waals surface area contributed by atoms with E-state index in [1.54, 1.807) is 0 Å². The normalized spacial score (nSPS) is 19.2. The van der Waals surface area contributed by atoms with Crippen LogP contribution in [0.3, 0.4) is 0 Å². The number of rotatable bonds is 5. The third-order valence-electron chi connectivity index (χ3n) is 3.94. The maximum atomic E-state index is 5.64. The van der Waals surface area contributed by atoms with Gasteiger partial charge < -0.3 is 14.6 Å². The van der Waals surface area contributed by atoms with E-state index in [9.17, 15) is 0 Å². The zero-order valence-electron chi connectivity index (χ0n) is 14.4. The summed E-state index contributed by atoms with van der Waals surface area (Å²) in [4.78, 5) is 6.72. The lowest BCUT2D eigenvalue weighted by molar-refractivity contribution is 0.190. The fourth-order valence-electron chi connectivity index (χ4n) is 2.64. The Kier molecular flexibility index (Phi) is 5.27. The SMILES string of the molecule is CC(C)Oc1ccc(/C=C/c2nc(C3CNCCN3C)no2)cc1. The Morgan fingerprint density at radius 3 is 2.79 bits per heavy atom. The smallest absolute Gasteiger partial charge is 0.250 e. The van der Waals surface area contributed by atoms with Crippen molar-refractivity contribution in [1.82, 2.24) is 20.4 Å². The first-order valence-electron chi connectivity index (χ1n) is 8.31. The van der Waals surface area contributed by atoms with Crippen LogP contribution in [0.2, 0.25) is 0 Å². The number of ether oxygens (including phenoxy) is 1. The maximum Gasteiger partial charge on any atom is 0.250 e. The molecule has 1 N–H and O–H groups in total. The number of hydrogen-bond donors (Lipinski definition) is 1. The second-order valence-corrected chi connectivity index (χ2v) is 6.26. The van der Waals surface area contributed by atoms with Crippen molar-refractivity contribution in [3.63, 3.8) is 0 Å². The molecule has 0 spiro atoms. The Morgan fingerprint density at radius 1 is 1.29 bits per heavy atom. The van der Waals surface area contributed by atoms with Crippen molar-refractivity contribution in [2.24, 2.45) is 0 Å². The first-order valence-corrected chi connectivity index (χ1v) is 8.31. The van der Waals surface area contributed by atoms with Gasteiger partial charge in [-0.3, -0.25) is 4.90 Å². The lowest BCUT2D eigenvalue weighted by Crippen LogP contribution is -2.44. The summed E-state index contributed by atoms with van der Waals surface area (Å²) in [5, 5.41) is 7.47. The number of aromatic nitrogens is 2. The van der Waals surface area contributed by atoms with Crippen LogP contribution >= 0.6 is 0 Å². The third kappa shape index (κ3) is 4.21. The van der Waals surface area contributed by atoms with E-state index in [0.717, 1.165) is 36.8 Å². The van der Waals surface area contributed by atoms with Gasteiger partial charge >= 0.3 is 0 Å². The molecular weight excluding hydrogens is 304 g/mol. The first kappa shape index (κ1) is 16.7. The second-order valence-electron chi connectivity index (χ2n) is 6.26. The highest BCUT2D eigenvalue weighted by Crippen LogP contribution is 2.19. The van der Waals surface area contributed by atoms with Gasteiger partial charge in [0.05, 0.1) is 12.1 Å². The lowest BCUT2D eigenvalue weighted by Gasteiger charge is -2.30. The first-order chi connectivity index (χ1) is 11.6. The second kappa shape index (κ2) is 7.59. The van der Waals surface area contributed by atoms with E-state index in [2.05, 4.69) is 27.4 Å².